The first-order valence-electron chi connectivity index (χ1n) is 14.7. The second-order valence-corrected chi connectivity index (χ2v) is 13.8. The molecular formula is C34H27N5O10S2. The van der Waals surface area contributed by atoms with E-state index in [1.54, 1.807) is 48.5 Å². The lowest BCUT2D eigenvalue weighted by Crippen LogP contribution is -2.27. The van der Waals surface area contributed by atoms with E-state index >= 15 is 0 Å². The Kier molecular flexibility index (Phi) is 9.05. The van der Waals surface area contributed by atoms with Crippen LogP contribution in [0.5, 0.6) is 11.5 Å². The first-order chi connectivity index (χ1) is 24.2. The molecule has 0 amide bonds. The number of nitrogen functional groups attached to an aromatic ring is 1. The Hall–Kier alpha value is -6.14. The van der Waals surface area contributed by atoms with Gasteiger partial charge in [-0.1, -0.05) is 36.4 Å². The number of fused-ring (bicyclic) bond motifs is 2. The maximum absolute atomic E-state index is 13.2. The zero-order chi connectivity index (χ0) is 36.7. The highest BCUT2D eigenvalue weighted by atomic mass is 32.2. The molecule has 51 heavy (non-hydrogen) atoms. The molecule has 0 fully saturated rings. The zero-order valence-corrected chi connectivity index (χ0v) is 28.2. The van der Waals surface area contributed by atoms with Crippen LogP contribution in [0.15, 0.2) is 100 Å². The van der Waals surface area contributed by atoms with Gasteiger partial charge in [0.1, 0.15) is 27.0 Å². The third-order valence-corrected chi connectivity index (χ3v) is 9.63. The minimum atomic E-state index is -4.85. The minimum absolute atomic E-state index is 0.0605. The molecule has 2 aliphatic rings. The van der Waals surface area contributed by atoms with Crippen LogP contribution in [0.3, 0.4) is 0 Å². The normalized spacial score (nSPS) is 15.8. The summed E-state index contributed by atoms with van der Waals surface area (Å²) in [7, 11) is -6.71. The molecule has 2 aliphatic carbocycles. The van der Waals surface area contributed by atoms with Crippen molar-refractivity contribution < 1.29 is 45.0 Å². The Morgan fingerprint density at radius 3 is 1.78 bits per heavy atom. The number of ether oxygens (including phenoxy) is 2. The summed E-state index contributed by atoms with van der Waals surface area (Å²) in [6.07, 6.45) is 2.10. The van der Waals surface area contributed by atoms with Gasteiger partial charge >= 0.3 is 0 Å². The zero-order valence-electron chi connectivity index (χ0n) is 26.6. The van der Waals surface area contributed by atoms with Crippen molar-refractivity contribution in [2.45, 2.75) is 0 Å². The fourth-order valence-electron chi connectivity index (χ4n) is 5.42. The number of nitrogens with two attached hydrogens (primary N) is 1. The van der Waals surface area contributed by atoms with E-state index < -0.39 is 47.3 Å². The third-order valence-electron chi connectivity index (χ3n) is 7.87. The first-order valence-corrected chi connectivity index (χ1v) is 17.6. The Labute approximate surface area is 291 Å². The predicted octanol–water partition coefficient (Wildman–Crippen LogP) is 4.74. The Balaban J connectivity index is 1.27. The Morgan fingerprint density at radius 2 is 1.22 bits per heavy atom. The molecule has 0 radical (unpaired) electrons. The number of methoxy groups -OCH3 is 2. The molecule has 0 saturated heterocycles. The molecule has 4 aromatic carbocycles. The molecule has 6 rings (SSSR count). The maximum atomic E-state index is 13.2. The van der Waals surface area contributed by atoms with Gasteiger partial charge in [0.25, 0.3) is 20.2 Å². The van der Waals surface area contributed by atoms with Crippen LogP contribution in [0.4, 0.5) is 17.1 Å². The van der Waals surface area contributed by atoms with Gasteiger partial charge in [0.05, 0.1) is 25.6 Å². The number of allylic oxidation sites excluding steroid dienone is 2. The maximum Gasteiger partial charge on any atom is 0.296 e. The number of hydrazone groups is 2. The van der Waals surface area contributed by atoms with Crippen molar-refractivity contribution in [1.29, 1.82) is 0 Å². The van der Waals surface area contributed by atoms with Crippen LogP contribution in [0.1, 0.15) is 31.8 Å². The predicted molar refractivity (Wildman–Crippen MR) is 192 cm³/mol. The highest BCUT2D eigenvalue weighted by Gasteiger charge is 2.33. The van der Waals surface area contributed by atoms with Gasteiger partial charge in [0.2, 0.25) is 11.6 Å². The highest BCUT2D eigenvalue weighted by Crippen LogP contribution is 2.36. The van der Waals surface area contributed by atoms with Crippen LogP contribution in [0.2, 0.25) is 0 Å². The molecular weight excluding hydrogens is 703 g/mol. The largest absolute Gasteiger partial charge is 0.494 e. The van der Waals surface area contributed by atoms with E-state index in [4.69, 9.17) is 15.2 Å². The molecule has 6 N–H and O–H groups in total. The van der Waals surface area contributed by atoms with Gasteiger partial charge in [-0.15, -0.1) is 0 Å². The number of carbonyl (C=O) groups excluding carboxylic acids is 2. The number of benzene rings is 4. The number of carbonyl (C=O) groups is 2. The van der Waals surface area contributed by atoms with E-state index in [9.17, 15) is 35.5 Å². The molecule has 260 valence electrons. The van der Waals surface area contributed by atoms with Crippen LogP contribution in [0.25, 0.3) is 22.1 Å². The number of nitrogens with zero attached hydrogens (tertiary/aromatic N) is 2. The van der Waals surface area contributed by atoms with Crippen LogP contribution >= 0.6 is 0 Å². The number of ketones is 2. The molecule has 4 aromatic rings. The first kappa shape index (κ1) is 34.7. The van der Waals surface area contributed by atoms with E-state index in [0.29, 0.717) is 28.3 Å². The molecule has 0 saturated carbocycles. The minimum Gasteiger partial charge on any atom is -0.494 e. The van der Waals surface area contributed by atoms with E-state index in [1.165, 1.54) is 44.6 Å². The fraction of sp³-hybridized carbons (Fsp3) is 0.0588. The van der Waals surface area contributed by atoms with E-state index in [0.717, 1.165) is 12.2 Å². The van der Waals surface area contributed by atoms with Crippen molar-refractivity contribution in [2.24, 2.45) is 10.2 Å². The summed E-state index contributed by atoms with van der Waals surface area (Å²) in [4.78, 5) is 25.1. The van der Waals surface area contributed by atoms with Crippen LogP contribution in [0, 0.1) is 0 Å². The summed E-state index contributed by atoms with van der Waals surface area (Å²) in [5.74, 6) is -0.744. The van der Waals surface area contributed by atoms with Crippen LogP contribution in [-0.4, -0.2) is 63.2 Å². The lowest BCUT2D eigenvalue weighted by molar-refractivity contribution is 0.105. The summed E-state index contributed by atoms with van der Waals surface area (Å²) in [5.41, 5.74) is 13.0. The Bertz CT molecular complexity index is 2510. The number of anilines is 3. The average Bonchev–Trinajstić information content (AvgIpc) is 3.09. The SMILES string of the molecule is COc1cc(-c2ccc(N/N=C3\C(=O)c4ccc(N)cc4C=C3S(=O)(=O)O)c(OC)c2)ccc1N/N=C1\C=C(S(=O)(=O)O)c2ccccc2C1=O. The van der Waals surface area contributed by atoms with Gasteiger partial charge < -0.3 is 15.2 Å². The molecule has 0 spiro atoms. The fourth-order valence-corrected chi connectivity index (χ4v) is 6.79. The summed E-state index contributed by atoms with van der Waals surface area (Å²) >= 11 is 0. The molecule has 0 bridgehead atoms. The van der Waals surface area contributed by atoms with E-state index in [-0.39, 0.29) is 39.4 Å². The number of Topliss-reactive ketones (excluding diaryl/α,β-unsaturated/α-hetero) is 2. The number of nitrogens with one attached hydrogen (secondary N) is 2. The quantitative estimate of drug-likeness (QED) is 0.0890. The van der Waals surface area contributed by atoms with Gasteiger partial charge in [-0.3, -0.25) is 29.5 Å². The summed E-state index contributed by atoms with van der Waals surface area (Å²) < 4.78 is 79.1. The summed E-state index contributed by atoms with van der Waals surface area (Å²) in [6.45, 7) is 0. The van der Waals surface area contributed by atoms with Gasteiger partial charge in [0, 0.05) is 22.4 Å². The van der Waals surface area contributed by atoms with Gasteiger partial charge in [-0.25, -0.2) is 0 Å². The number of hydrogen-bond acceptors (Lipinski definition) is 13. The lowest BCUT2D eigenvalue weighted by Gasteiger charge is -2.17. The van der Waals surface area contributed by atoms with Crippen LogP contribution in [-0.2, 0) is 20.2 Å². The highest BCUT2D eigenvalue weighted by molar-refractivity contribution is 7.95. The topological polar surface area (TPSA) is 236 Å². The monoisotopic (exact) mass is 729 g/mol. The third kappa shape index (κ3) is 6.86. The van der Waals surface area contributed by atoms with Crippen molar-refractivity contribution >= 4 is 71.3 Å². The van der Waals surface area contributed by atoms with Crippen molar-refractivity contribution in [3.63, 3.8) is 0 Å². The van der Waals surface area contributed by atoms with Gasteiger partial charge in [-0.05, 0) is 71.3 Å². The number of rotatable bonds is 9. The molecule has 15 nitrogen and oxygen atoms in total. The second-order valence-electron chi connectivity index (χ2n) is 11.0. The molecule has 0 atom stereocenters. The van der Waals surface area contributed by atoms with Crippen molar-refractivity contribution in [2.75, 3.05) is 30.8 Å². The Morgan fingerprint density at radius 1 is 0.647 bits per heavy atom. The van der Waals surface area contributed by atoms with Gasteiger partial charge in [-0.2, -0.15) is 27.0 Å². The van der Waals surface area contributed by atoms with Crippen molar-refractivity contribution in [1.82, 2.24) is 0 Å². The molecule has 0 aliphatic heterocycles. The standard InChI is InChI=1S/C34H27N5O10S2/c1-48-28-14-18(7-11-25(28)36-38-27-17-30(50(42,43)44)23-5-3-4-6-24(23)33(27)40)19-8-12-26(29(15-19)49-2)37-39-32-31(51(45,46)47)16-20-13-21(35)9-10-22(20)34(32)41/h3-17,36-37H,35H2,1-2H3,(H,42,43,44)(H,45,46,47)/b38-27+,39-32-. The molecule has 0 aromatic heterocycles. The van der Waals surface area contributed by atoms with Gasteiger partial charge in [0.15, 0.2) is 5.71 Å². The summed E-state index contributed by atoms with van der Waals surface area (Å²) in [6, 6.07) is 20.2. The summed E-state index contributed by atoms with van der Waals surface area (Å²) in [5, 5.41) is 8.14. The van der Waals surface area contributed by atoms with Crippen molar-refractivity contribution in [3.05, 3.63) is 112 Å². The average molecular weight is 730 g/mol. The number of hydrogen-bond donors (Lipinski definition) is 5. The van der Waals surface area contributed by atoms with Crippen molar-refractivity contribution in [3.8, 4) is 22.6 Å². The molecule has 0 unspecified atom stereocenters. The lowest BCUT2D eigenvalue weighted by atomic mass is 9.94. The smallest absolute Gasteiger partial charge is 0.296 e. The molecule has 0 heterocycles. The van der Waals surface area contributed by atoms with E-state index in [1.807, 2.05) is 0 Å². The second kappa shape index (κ2) is 13.3. The van der Waals surface area contributed by atoms with E-state index in [2.05, 4.69) is 21.1 Å². The van der Waals surface area contributed by atoms with Crippen LogP contribution < -0.4 is 26.1 Å². The molecule has 17 heteroatoms.